The Morgan fingerprint density at radius 1 is 1.03 bits per heavy atom. The fourth-order valence-corrected chi connectivity index (χ4v) is 4.24. The van der Waals surface area contributed by atoms with Crippen LogP contribution in [-0.4, -0.2) is 54.0 Å². The Hall–Kier alpha value is -2.67. The number of nitrogens with one attached hydrogen (secondary N) is 1. The first-order chi connectivity index (χ1) is 15.1. The molecule has 0 radical (unpaired) electrons. The van der Waals surface area contributed by atoms with E-state index >= 15 is 0 Å². The topological polar surface area (TPSA) is 87.4 Å². The summed E-state index contributed by atoms with van der Waals surface area (Å²) < 4.78 is 0. The van der Waals surface area contributed by atoms with E-state index in [0.29, 0.717) is 11.7 Å². The summed E-state index contributed by atoms with van der Waals surface area (Å²) >= 11 is 0. The van der Waals surface area contributed by atoms with Crippen molar-refractivity contribution in [2.75, 3.05) is 43.4 Å². The van der Waals surface area contributed by atoms with Gasteiger partial charge in [0, 0.05) is 18.8 Å². The van der Waals surface area contributed by atoms with Crippen LogP contribution in [0.1, 0.15) is 67.9 Å². The second kappa shape index (κ2) is 11.1. The number of amides is 1. The van der Waals surface area contributed by atoms with Crippen molar-refractivity contribution in [3.8, 4) is 0 Å². The molecule has 0 atom stereocenters. The summed E-state index contributed by atoms with van der Waals surface area (Å²) in [5.74, 6) is 1.25. The van der Waals surface area contributed by atoms with Gasteiger partial charge in [-0.2, -0.15) is 0 Å². The van der Waals surface area contributed by atoms with E-state index in [9.17, 15) is 4.79 Å². The van der Waals surface area contributed by atoms with Crippen LogP contribution in [0.2, 0.25) is 0 Å². The summed E-state index contributed by atoms with van der Waals surface area (Å²) in [5.41, 5.74) is 7.95. The zero-order valence-corrected chi connectivity index (χ0v) is 19.1. The molecule has 0 bridgehead atoms. The van der Waals surface area contributed by atoms with E-state index in [4.69, 9.17) is 5.73 Å². The molecule has 2 aliphatic heterocycles. The van der Waals surface area contributed by atoms with Crippen molar-refractivity contribution < 1.29 is 4.79 Å². The molecule has 0 saturated carbocycles. The molecule has 0 unspecified atom stereocenters. The van der Waals surface area contributed by atoms with Crippen molar-refractivity contribution >= 4 is 23.2 Å². The molecule has 0 spiro atoms. The van der Waals surface area contributed by atoms with Gasteiger partial charge in [0.05, 0.1) is 6.20 Å². The van der Waals surface area contributed by atoms with Crippen molar-refractivity contribution in [1.82, 2.24) is 14.9 Å². The third kappa shape index (κ3) is 5.94. The van der Waals surface area contributed by atoms with Crippen LogP contribution in [0.3, 0.4) is 0 Å². The van der Waals surface area contributed by atoms with Gasteiger partial charge in [0.15, 0.2) is 11.5 Å². The molecule has 2 aliphatic rings. The van der Waals surface area contributed by atoms with Crippen molar-refractivity contribution in [2.45, 2.75) is 51.9 Å². The van der Waals surface area contributed by atoms with Crippen molar-refractivity contribution in [2.24, 2.45) is 5.73 Å². The van der Waals surface area contributed by atoms with E-state index in [-0.39, 0.29) is 5.69 Å². The SMILES string of the molecule is CC.CN1CCC(c2ccc(Nc3nc(N4CCCCC4)cnc3C(N)=O)cc2)CC1. The fraction of sp³-hybridized carbons (Fsp3) is 0.542. The molecule has 1 aromatic heterocycles. The molecule has 1 aromatic carbocycles. The second-order valence-corrected chi connectivity index (χ2v) is 8.16. The minimum absolute atomic E-state index is 0.171. The number of primary amides is 1. The molecule has 4 rings (SSSR count). The molecule has 1 amide bonds. The number of likely N-dealkylation sites (tertiary alicyclic amines) is 1. The predicted molar refractivity (Wildman–Crippen MR) is 127 cm³/mol. The van der Waals surface area contributed by atoms with Gasteiger partial charge in [0.1, 0.15) is 5.82 Å². The van der Waals surface area contributed by atoms with E-state index in [1.807, 2.05) is 26.0 Å². The Kier molecular flexibility index (Phi) is 8.23. The lowest BCUT2D eigenvalue weighted by molar-refractivity contribution is 0.0996. The van der Waals surface area contributed by atoms with E-state index in [1.165, 1.54) is 24.8 Å². The molecule has 7 nitrogen and oxygen atoms in total. The number of carbonyl (C=O) groups excluding carboxylic acids is 1. The number of aromatic nitrogens is 2. The highest BCUT2D eigenvalue weighted by molar-refractivity contribution is 5.96. The molecule has 3 N–H and O–H groups in total. The zero-order valence-electron chi connectivity index (χ0n) is 19.1. The summed E-state index contributed by atoms with van der Waals surface area (Å²) in [6.07, 6.45) is 7.59. The molecule has 7 heteroatoms. The first kappa shape index (κ1) is 23.0. The predicted octanol–water partition coefficient (Wildman–Crippen LogP) is 4.14. The average molecular weight is 425 g/mol. The Morgan fingerprint density at radius 2 is 1.68 bits per heavy atom. The standard InChI is InChI=1S/C22H30N6O.C2H6/c1-27-13-9-17(10-14-27)16-5-7-18(8-6-16)25-22-20(21(23)29)24-15-19(26-22)28-11-3-2-4-12-28;1-2/h5-8,15,17H,2-4,9-14H2,1H3,(H2,23,29)(H,25,26);1-2H3. The van der Waals surface area contributed by atoms with Gasteiger partial charge in [0.2, 0.25) is 0 Å². The summed E-state index contributed by atoms with van der Waals surface area (Å²) in [4.78, 5) is 25.4. The van der Waals surface area contributed by atoms with E-state index < -0.39 is 5.91 Å². The third-order valence-electron chi connectivity index (χ3n) is 6.04. The summed E-state index contributed by atoms with van der Waals surface area (Å²) in [6.45, 7) is 8.22. The zero-order chi connectivity index (χ0) is 22.2. The monoisotopic (exact) mass is 424 g/mol. The van der Waals surface area contributed by atoms with Gasteiger partial charge >= 0.3 is 0 Å². The van der Waals surface area contributed by atoms with Crippen LogP contribution in [0.5, 0.6) is 0 Å². The second-order valence-electron chi connectivity index (χ2n) is 8.16. The Balaban J connectivity index is 0.00000132. The molecular formula is C24H36N6O. The summed E-state index contributed by atoms with van der Waals surface area (Å²) in [7, 11) is 2.18. The van der Waals surface area contributed by atoms with E-state index in [1.54, 1.807) is 6.20 Å². The van der Waals surface area contributed by atoms with Crippen LogP contribution < -0.4 is 16.0 Å². The number of benzene rings is 1. The van der Waals surface area contributed by atoms with Gasteiger partial charge in [-0.3, -0.25) is 4.79 Å². The van der Waals surface area contributed by atoms with Gasteiger partial charge < -0.3 is 20.9 Å². The Labute approximate surface area is 186 Å². The quantitative estimate of drug-likeness (QED) is 0.750. The van der Waals surface area contributed by atoms with Crippen LogP contribution in [-0.2, 0) is 0 Å². The van der Waals surface area contributed by atoms with Gasteiger partial charge in [-0.05, 0) is 75.9 Å². The Bertz CT molecular complexity index is 840. The summed E-state index contributed by atoms with van der Waals surface area (Å²) in [6, 6.07) is 8.44. The largest absolute Gasteiger partial charge is 0.364 e. The van der Waals surface area contributed by atoms with Gasteiger partial charge in [-0.1, -0.05) is 26.0 Å². The highest BCUT2D eigenvalue weighted by Gasteiger charge is 2.20. The normalized spacial score (nSPS) is 17.6. The van der Waals surface area contributed by atoms with Crippen LogP contribution in [0.4, 0.5) is 17.3 Å². The van der Waals surface area contributed by atoms with Crippen LogP contribution in [0, 0.1) is 0 Å². The highest BCUT2D eigenvalue weighted by Crippen LogP contribution is 2.29. The number of carbonyl (C=O) groups is 1. The molecule has 3 heterocycles. The number of anilines is 3. The smallest absolute Gasteiger partial charge is 0.271 e. The lowest BCUT2D eigenvalue weighted by Gasteiger charge is -2.29. The maximum atomic E-state index is 11.8. The number of nitrogens with zero attached hydrogens (tertiary/aromatic N) is 4. The molecule has 0 aliphatic carbocycles. The molecule has 31 heavy (non-hydrogen) atoms. The number of hydrogen-bond donors (Lipinski definition) is 2. The minimum atomic E-state index is -0.576. The van der Waals surface area contributed by atoms with Crippen LogP contribution >= 0.6 is 0 Å². The van der Waals surface area contributed by atoms with E-state index in [0.717, 1.165) is 50.5 Å². The number of hydrogen-bond acceptors (Lipinski definition) is 6. The Morgan fingerprint density at radius 3 is 2.29 bits per heavy atom. The van der Waals surface area contributed by atoms with E-state index in [2.05, 4.69) is 44.3 Å². The maximum absolute atomic E-state index is 11.8. The van der Waals surface area contributed by atoms with Crippen molar-refractivity contribution in [3.05, 3.63) is 41.7 Å². The number of nitrogens with two attached hydrogens (primary N) is 1. The lowest BCUT2D eigenvalue weighted by Crippen LogP contribution is -2.31. The maximum Gasteiger partial charge on any atom is 0.271 e. The van der Waals surface area contributed by atoms with Gasteiger partial charge in [-0.15, -0.1) is 0 Å². The highest BCUT2D eigenvalue weighted by atomic mass is 16.1. The molecule has 2 saturated heterocycles. The van der Waals surface area contributed by atoms with Crippen molar-refractivity contribution in [3.63, 3.8) is 0 Å². The number of piperidine rings is 2. The van der Waals surface area contributed by atoms with Crippen molar-refractivity contribution in [1.29, 1.82) is 0 Å². The fourth-order valence-electron chi connectivity index (χ4n) is 4.24. The first-order valence-corrected chi connectivity index (χ1v) is 11.6. The molecule has 2 aromatic rings. The first-order valence-electron chi connectivity index (χ1n) is 11.6. The summed E-state index contributed by atoms with van der Waals surface area (Å²) in [5, 5.41) is 3.26. The van der Waals surface area contributed by atoms with Crippen LogP contribution in [0.25, 0.3) is 0 Å². The van der Waals surface area contributed by atoms with Gasteiger partial charge in [-0.25, -0.2) is 9.97 Å². The molecule has 168 valence electrons. The average Bonchev–Trinajstić information content (AvgIpc) is 2.82. The van der Waals surface area contributed by atoms with Crippen LogP contribution in [0.15, 0.2) is 30.5 Å². The van der Waals surface area contributed by atoms with Gasteiger partial charge in [0.25, 0.3) is 5.91 Å². The minimum Gasteiger partial charge on any atom is -0.364 e. The number of rotatable bonds is 5. The third-order valence-corrected chi connectivity index (χ3v) is 6.04. The molecule has 2 fully saturated rings. The molecular weight excluding hydrogens is 388 g/mol. The lowest BCUT2D eigenvalue weighted by atomic mass is 9.89.